The molecule has 5 fully saturated rings. The fraction of sp³-hybridized carbons (Fsp3) is 0.773. The number of allylic oxidation sites excluding steroid dienone is 2. The van der Waals surface area contributed by atoms with Crippen molar-refractivity contribution in [2.45, 2.75) is 113 Å². The van der Waals surface area contributed by atoms with Crippen LogP contribution in [0.2, 0.25) is 0 Å². The summed E-state index contributed by atoms with van der Waals surface area (Å²) in [4.78, 5) is 28.3. The average Bonchev–Trinajstić information content (AvgIpc) is 3.49. The molecule has 0 radical (unpaired) electrons. The zero-order valence-corrected chi connectivity index (χ0v) is 33.9. The molecular weight excluding hydrogens is 669 g/mol. The first-order valence-corrected chi connectivity index (χ1v) is 22.5. The van der Waals surface area contributed by atoms with Gasteiger partial charge in [0.15, 0.2) is 9.84 Å². The Morgan fingerprint density at radius 2 is 1.58 bits per heavy atom. The average molecular weight is 735 g/mol. The van der Waals surface area contributed by atoms with Crippen molar-refractivity contribution < 1.29 is 23.1 Å². The molecular formula is C44H66N2O5S. The van der Waals surface area contributed by atoms with Crippen LogP contribution in [0, 0.1) is 62.6 Å². The van der Waals surface area contributed by atoms with Crippen LogP contribution in [0.5, 0.6) is 0 Å². The number of hydrogen-bond donors (Lipinski definition) is 2. The highest BCUT2D eigenvalue weighted by molar-refractivity contribution is 7.91. The Bertz CT molecular complexity index is 1690. The molecule has 9 atom stereocenters. The van der Waals surface area contributed by atoms with Crippen molar-refractivity contribution in [2.24, 2.45) is 62.6 Å². The van der Waals surface area contributed by atoms with Crippen molar-refractivity contribution in [3.8, 4) is 0 Å². The Balaban J connectivity index is 1.11. The Morgan fingerprint density at radius 3 is 2.23 bits per heavy atom. The molecule has 1 aromatic rings. The largest absolute Gasteiger partial charge is 0.478 e. The van der Waals surface area contributed by atoms with Crippen LogP contribution in [0.4, 0.5) is 0 Å². The van der Waals surface area contributed by atoms with Gasteiger partial charge in [-0.05, 0) is 151 Å². The minimum absolute atomic E-state index is 0.0173. The van der Waals surface area contributed by atoms with Gasteiger partial charge < -0.3 is 15.3 Å². The van der Waals surface area contributed by atoms with Crippen LogP contribution in [-0.4, -0.2) is 68.0 Å². The molecule has 1 amide bonds. The van der Waals surface area contributed by atoms with Crippen LogP contribution in [0.15, 0.2) is 30.3 Å². The number of carboxylic acid groups (broad SMARTS) is 1. The molecule has 4 saturated carbocycles. The van der Waals surface area contributed by atoms with E-state index in [-0.39, 0.29) is 38.6 Å². The smallest absolute Gasteiger partial charge is 0.335 e. The van der Waals surface area contributed by atoms with Gasteiger partial charge in [0, 0.05) is 19.6 Å². The van der Waals surface area contributed by atoms with Crippen LogP contribution >= 0.6 is 0 Å². The van der Waals surface area contributed by atoms with Crippen molar-refractivity contribution in [2.75, 3.05) is 37.7 Å². The highest BCUT2D eigenvalue weighted by Crippen LogP contribution is 2.77. The van der Waals surface area contributed by atoms with Crippen LogP contribution in [-0.2, 0) is 14.6 Å². The van der Waals surface area contributed by atoms with E-state index in [2.05, 4.69) is 64.8 Å². The second kappa shape index (κ2) is 13.2. The Kier molecular flexibility index (Phi) is 9.70. The topological polar surface area (TPSA) is 104 Å². The minimum Gasteiger partial charge on any atom is -0.478 e. The van der Waals surface area contributed by atoms with Gasteiger partial charge in [-0.3, -0.25) is 4.79 Å². The van der Waals surface area contributed by atoms with Gasteiger partial charge >= 0.3 is 5.97 Å². The van der Waals surface area contributed by atoms with E-state index in [4.69, 9.17) is 0 Å². The van der Waals surface area contributed by atoms with E-state index in [9.17, 15) is 23.1 Å². The van der Waals surface area contributed by atoms with Gasteiger partial charge in [-0.1, -0.05) is 66.7 Å². The zero-order valence-electron chi connectivity index (χ0n) is 33.1. The number of amides is 1. The summed E-state index contributed by atoms with van der Waals surface area (Å²) in [7, 11) is -2.88. The number of carboxylic acids is 1. The summed E-state index contributed by atoms with van der Waals surface area (Å²) in [5.74, 6) is 3.20. The third-order valence-electron chi connectivity index (χ3n) is 17.2. The van der Waals surface area contributed by atoms with Crippen LogP contribution in [0.3, 0.4) is 0 Å². The lowest BCUT2D eigenvalue weighted by Crippen LogP contribution is -2.66. The van der Waals surface area contributed by atoms with Crippen molar-refractivity contribution >= 4 is 27.3 Å². The summed E-state index contributed by atoms with van der Waals surface area (Å²) >= 11 is 0. The van der Waals surface area contributed by atoms with E-state index in [1.54, 1.807) is 12.1 Å². The second-order valence-corrected chi connectivity index (χ2v) is 22.1. The van der Waals surface area contributed by atoms with E-state index >= 15 is 0 Å². The Morgan fingerprint density at radius 1 is 0.885 bits per heavy atom. The van der Waals surface area contributed by atoms with Crippen molar-refractivity contribution in [1.82, 2.24) is 10.2 Å². The number of nitrogens with one attached hydrogen (secondary N) is 1. The summed E-state index contributed by atoms with van der Waals surface area (Å²) < 4.78 is 23.8. The zero-order chi connectivity index (χ0) is 37.5. The molecule has 1 heterocycles. The maximum absolute atomic E-state index is 14.5. The maximum atomic E-state index is 14.5. The standard InChI is InChI=1S/C44H66N2O5S/c1-29(2)32-15-20-44(39(49)45-23-8-24-46-25-27-52(50,51)28-26-46)22-21-42(6)34(37(32)44)13-14-36-41(5)18-16-33(30-9-11-31(12-10-30)38(47)48)40(3,4)35(41)17-19-43(36,42)7/h9-12,16,29,32,34-37H,8,13-15,17-28H2,1-7H3,(H,45,49)(H,47,48)/t32-,34+,35-,36+,37+,41-,42+,43+,44-/m0/s1. The molecule has 0 bridgehead atoms. The lowest BCUT2D eigenvalue weighted by atomic mass is 9.32. The first-order valence-electron chi connectivity index (χ1n) is 20.7. The Hall–Kier alpha value is -2.19. The highest BCUT2D eigenvalue weighted by atomic mass is 32.2. The fourth-order valence-electron chi connectivity index (χ4n) is 14.3. The predicted octanol–water partition coefficient (Wildman–Crippen LogP) is 8.35. The van der Waals surface area contributed by atoms with Crippen LogP contribution in [0.1, 0.15) is 129 Å². The molecule has 5 aliphatic carbocycles. The van der Waals surface area contributed by atoms with E-state index in [1.807, 2.05) is 12.1 Å². The van der Waals surface area contributed by atoms with Gasteiger partial charge in [-0.15, -0.1) is 0 Å². The molecule has 2 N–H and O–H groups in total. The van der Waals surface area contributed by atoms with Crippen molar-refractivity contribution in [1.29, 1.82) is 0 Å². The molecule has 0 spiro atoms. The van der Waals surface area contributed by atoms with Gasteiger partial charge in [0.25, 0.3) is 0 Å². The molecule has 8 heteroatoms. The highest BCUT2D eigenvalue weighted by Gasteiger charge is 2.71. The Labute approximate surface area is 314 Å². The molecule has 1 aromatic carbocycles. The quantitative estimate of drug-likeness (QED) is 0.260. The molecule has 0 unspecified atom stereocenters. The summed E-state index contributed by atoms with van der Waals surface area (Å²) in [6.45, 7) is 20.3. The number of carbonyl (C=O) groups is 2. The number of aromatic carboxylic acids is 1. The van der Waals surface area contributed by atoms with Gasteiger partial charge in [0.1, 0.15) is 0 Å². The van der Waals surface area contributed by atoms with Crippen LogP contribution < -0.4 is 5.32 Å². The molecule has 7 nitrogen and oxygen atoms in total. The van der Waals surface area contributed by atoms with Gasteiger partial charge in [0.2, 0.25) is 5.91 Å². The predicted molar refractivity (Wildman–Crippen MR) is 208 cm³/mol. The number of fused-ring (bicyclic) bond motifs is 7. The van der Waals surface area contributed by atoms with E-state index < -0.39 is 15.8 Å². The van der Waals surface area contributed by atoms with Gasteiger partial charge in [-0.2, -0.15) is 0 Å². The lowest BCUT2D eigenvalue weighted by molar-refractivity contribution is -0.227. The van der Waals surface area contributed by atoms with Crippen molar-refractivity contribution in [3.63, 3.8) is 0 Å². The number of rotatable bonds is 8. The van der Waals surface area contributed by atoms with E-state index in [0.29, 0.717) is 66.6 Å². The van der Waals surface area contributed by atoms with Crippen molar-refractivity contribution in [3.05, 3.63) is 41.5 Å². The lowest BCUT2D eigenvalue weighted by Gasteiger charge is -2.72. The van der Waals surface area contributed by atoms with E-state index in [0.717, 1.165) is 50.6 Å². The summed E-state index contributed by atoms with van der Waals surface area (Å²) in [5, 5.41) is 13.0. The molecule has 0 aromatic heterocycles. The minimum atomic E-state index is -2.88. The summed E-state index contributed by atoms with van der Waals surface area (Å²) in [5.41, 5.74) is 3.16. The molecule has 1 aliphatic heterocycles. The second-order valence-electron chi connectivity index (χ2n) is 19.8. The first-order chi connectivity index (χ1) is 24.4. The molecule has 6 aliphatic rings. The number of nitrogens with zero attached hydrogens (tertiary/aromatic N) is 1. The molecule has 1 saturated heterocycles. The number of hydrogen-bond acceptors (Lipinski definition) is 5. The first kappa shape index (κ1) is 38.1. The van der Waals surface area contributed by atoms with Gasteiger partial charge in [0.05, 0.1) is 22.5 Å². The summed E-state index contributed by atoms with van der Waals surface area (Å²) in [6, 6.07) is 7.54. The number of carbonyl (C=O) groups excluding carboxylic acids is 1. The third kappa shape index (κ3) is 5.85. The molecule has 288 valence electrons. The van der Waals surface area contributed by atoms with Gasteiger partial charge in [-0.25, -0.2) is 13.2 Å². The molecule has 7 rings (SSSR count). The maximum Gasteiger partial charge on any atom is 0.335 e. The third-order valence-corrected chi connectivity index (χ3v) is 18.8. The number of benzene rings is 1. The normalized spacial score (nSPS) is 40.8. The monoisotopic (exact) mass is 734 g/mol. The SMILES string of the molecule is CC(C)[C@@H]1CC[C@]2(C(=O)NCCCN3CCS(=O)(=O)CC3)CC[C@]3(C)[C@H](CC[C@@H]4[C@@]5(C)CC=C(c6ccc(C(=O)O)cc6)C(C)(C)[C@@H]5CC[C@]43C)[C@@H]12. The summed E-state index contributed by atoms with van der Waals surface area (Å²) in [6.07, 6.45) is 13.6. The number of sulfone groups is 1. The van der Waals surface area contributed by atoms with E-state index in [1.165, 1.54) is 31.3 Å². The molecule has 52 heavy (non-hydrogen) atoms. The fourth-order valence-corrected chi connectivity index (χ4v) is 15.6. The van der Waals surface area contributed by atoms with Crippen LogP contribution in [0.25, 0.3) is 5.57 Å².